The molecule has 1 aromatic heterocycles. The van der Waals surface area contributed by atoms with Crippen molar-refractivity contribution in [3.8, 4) is 5.75 Å². The van der Waals surface area contributed by atoms with Crippen LogP contribution in [0.4, 0.5) is 0 Å². The molecular weight excluding hydrogens is 406 g/mol. The monoisotopic (exact) mass is 419 g/mol. The summed E-state index contributed by atoms with van der Waals surface area (Å²) in [5, 5.41) is 11.1. The van der Waals surface area contributed by atoms with E-state index in [1.807, 2.05) is 17.5 Å². The second-order valence-electron chi connectivity index (χ2n) is 5.33. The van der Waals surface area contributed by atoms with Gasteiger partial charge >= 0.3 is 0 Å². The van der Waals surface area contributed by atoms with Gasteiger partial charge in [0, 0.05) is 10.4 Å². The standard InChI is InChI=1S/C17H13N3O4S3/c21-11-5-3-10(4-6-11)15(23)19-18-14(22)9-20-16(24)13(27-17(20)25)8-12-2-1-7-26-12/h1-8,21H,9H2,(H,18,22)(H,19,23)/b13-8+. The number of nitrogens with one attached hydrogen (secondary N) is 2. The van der Waals surface area contributed by atoms with Gasteiger partial charge in [-0.05, 0) is 41.8 Å². The van der Waals surface area contributed by atoms with Gasteiger partial charge in [-0.3, -0.25) is 30.1 Å². The normalized spacial score (nSPS) is 15.3. The summed E-state index contributed by atoms with van der Waals surface area (Å²) in [7, 11) is 0. The van der Waals surface area contributed by atoms with Gasteiger partial charge in [0.25, 0.3) is 17.7 Å². The predicted octanol–water partition coefficient (Wildman–Crippen LogP) is 2.12. The molecule has 27 heavy (non-hydrogen) atoms. The van der Waals surface area contributed by atoms with Crippen molar-refractivity contribution in [2.75, 3.05) is 6.54 Å². The van der Waals surface area contributed by atoms with E-state index in [-0.39, 0.29) is 28.1 Å². The molecule has 3 rings (SSSR count). The predicted molar refractivity (Wildman–Crippen MR) is 108 cm³/mol. The summed E-state index contributed by atoms with van der Waals surface area (Å²) in [6, 6.07) is 9.29. The Morgan fingerprint density at radius 2 is 1.93 bits per heavy atom. The Labute approximate surface area is 168 Å². The first kappa shape index (κ1) is 19.1. The lowest BCUT2D eigenvalue weighted by Crippen LogP contribution is -2.47. The number of hydrogen-bond acceptors (Lipinski definition) is 7. The highest BCUT2D eigenvalue weighted by Gasteiger charge is 2.33. The third-order valence-corrected chi connectivity index (χ3v) is 5.63. The lowest BCUT2D eigenvalue weighted by molar-refractivity contribution is -0.129. The van der Waals surface area contributed by atoms with Crippen LogP contribution in [0.15, 0.2) is 46.7 Å². The molecule has 1 saturated heterocycles. The molecule has 0 aliphatic carbocycles. The Morgan fingerprint density at radius 1 is 1.19 bits per heavy atom. The summed E-state index contributed by atoms with van der Waals surface area (Å²) in [4.78, 5) is 39.0. The van der Waals surface area contributed by atoms with Crippen molar-refractivity contribution < 1.29 is 19.5 Å². The molecule has 2 aromatic rings. The molecule has 0 bridgehead atoms. The number of phenolic OH excluding ortho intramolecular Hbond substituents is 1. The van der Waals surface area contributed by atoms with E-state index in [4.69, 9.17) is 12.2 Å². The Hall–Kier alpha value is -2.69. The van der Waals surface area contributed by atoms with E-state index in [1.165, 1.54) is 40.5 Å². The molecule has 1 aliphatic rings. The number of carbonyl (C=O) groups is 3. The molecule has 0 unspecified atom stereocenters. The van der Waals surface area contributed by atoms with E-state index in [0.29, 0.717) is 4.91 Å². The molecule has 3 N–H and O–H groups in total. The van der Waals surface area contributed by atoms with Crippen LogP contribution in [0.5, 0.6) is 5.75 Å². The van der Waals surface area contributed by atoms with Gasteiger partial charge in [-0.1, -0.05) is 30.0 Å². The molecule has 10 heteroatoms. The van der Waals surface area contributed by atoms with Gasteiger partial charge in [0.2, 0.25) is 0 Å². The molecule has 0 radical (unpaired) electrons. The number of benzene rings is 1. The molecule has 1 fully saturated rings. The molecular formula is C17H13N3O4S3. The van der Waals surface area contributed by atoms with E-state index in [2.05, 4.69) is 10.9 Å². The number of amides is 3. The van der Waals surface area contributed by atoms with Crippen molar-refractivity contribution in [2.45, 2.75) is 0 Å². The maximum Gasteiger partial charge on any atom is 0.269 e. The molecule has 0 spiro atoms. The van der Waals surface area contributed by atoms with Crippen LogP contribution in [-0.4, -0.2) is 38.6 Å². The molecule has 7 nitrogen and oxygen atoms in total. The quantitative estimate of drug-likeness (QED) is 0.399. The average molecular weight is 420 g/mol. The fourth-order valence-electron chi connectivity index (χ4n) is 2.13. The number of thiophene rings is 1. The number of thiocarbonyl (C=S) groups is 1. The van der Waals surface area contributed by atoms with Gasteiger partial charge in [-0.15, -0.1) is 11.3 Å². The number of nitrogens with zero attached hydrogens (tertiary/aromatic N) is 1. The van der Waals surface area contributed by atoms with Crippen LogP contribution in [0.3, 0.4) is 0 Å². The minimum Gasteiger partial charge on any atom is -0.508 e. The second kappa shape index (κ2) is 8.33. The van der Waals surface area contributed by atoms with Gasteiger partial charge in [0.15, 0.2) is 0 Å². The summed E-state index contributed by atoms with van der Waals surface area (Å²) in [5.41, 5.74) is 4.75. The van der Waals surface area contributed by atoms with Gasteiger partial charge in [0.1, 0.15) is 16.6 Å². The van der Waals surface area contributed by atoms with Crippen molar-refractivity contribution in [1.82, 2.24) is 15.8 Å². The van der Waals surface area contributed by atoms with Gasteiger partial charge in [0.05, 0.1) is 4.91 Å². The van der Waals surface area contributed by atoms with Crippen LogP contribution >= 0.6 is 35.3 Å². The molecule has 3 amide bonds. The van der Waals surface area contributed by atoms with Crippen molar-refractivity contribution in [1.29, 1.82) is 0 Å². The highest BCUT2D eigenvalue weighted by atomic mass is 32.2. The first-order chi connectivity index (χ1) is 12.9. The van der Waals surface area contributed by atoms with Crippen LogP contribution in [-0.2, 0) is 9.59 Å². The number of hydrogen-bond donors (Lipinski definition) is 3. The minimum absolute atomic E-state index is 0.0283. The van der Waals surface area contributed by atoms with E-state index >= 15 is 0 Å². The number of thioether (sulfide) groups is 1. The molecule has 1 aliphatic heterocycles. The molecule has 2 heterocycles. The Bertz CT molecular complexity index is 923. The van der Waals surface area contributed by atoms with Crippen LogP contribution in [0.1, 0.15) is 15.2 Å². The third-order valence-electron chi connectivity index (χ3n) is 3.44. The van der Waals surface area contributed by atoms with Crippen molar-refractivity contribution in [3.05, 3.63) is 57.1 Å². The van der Waals surface area contributed by atoms with Crippen LogP contribution < -0.4 is 10.9 Å². The Morgan fingerprint density at radius 3 is 2.59 bits per heavy atom. The van der Waals surface area contributed by atoms with Crippen molar-refractivity contribution in [2.24, 2.45) is 0 Å². The number of carbonyl (C=O) groups excluding carboxylic acids is 3. The number of rotatable bonds is 4. The number of phenols is 1. The minimum atomic E-state index is -0.587. The van der Waals surface area contributed by atoms with Crippen LogP contribution in [0.25, 0.3) is 6.08 Å². The van der Waals surface area contributed by atoms with Gasteiger partial charge in [-0.25, -0.2) is 0 Å². The highest BCUT2D eigenvalue weighted by Crippen LogP contribution is 2.32. The topological polar surface area (TPSA) is 98.7 Å². The first-order valence-corrected chi connectivity index (χ1v) is 9.71. The Balaban J connectivity index is 1.56. The summed E-state index contributed by atoms with van der Waals surface area (Å²) >= 11 is 7.79. The molecule has 138 valence electrons. The summed E-state index contributed by atoms with van der Waals surface area (Å²) in [6.07, 6.45) is 1.73. The zero-order valence-electron chi connectivity index (χ0n) is 13.7. The van der Waals surface area contributed by atoms with Crippen LogP contribution in [0.2, 0.25) is 0 Å². The maximum absolute atomic E-state index is 12.4. The second-order valence-corrected chi connectivity index (χ2v) is 7.99. The van der Waals surface area contributed by atoms with E-state index in [1.54, 1.807) is 6.08 Å². The summed E-state index contributed by atoms with van der Waals surface area (Å²) < 4.78 is 0.280. The van der Waals surface area contributed by atoms with Crippen LogP contribution in [0, 0.1) is 0 Å². The SMILES string of the molecule is O=C(CN1C(=O)/C(=C\c2cccs2)SC1=S)NNC(=O)c1ccc(O)cc1. The average Bonchev–Trinajstić information content (AvgIpc) is 3.24. The lowest BCUT2D eigenvalue weighted by Gasteiger charge is -2.14. The number of hydrazine groups is 1. The first-order valence-electron chi connectivity index (χ1n) is 7.61. The molecule has 0 atom stereocenters. The van der Waals surface area contributed by atoms with E-state index in [0.717, 1.165) is 16.6 Å². The third kappa shape index (κ3) is 4.73. The number of aromatic hydroxyl groups is 1. The lowest BCUT2D eigenvalue weighted by atomic mass is 10.2. The zero-order chi connectivity index (χ0) is 19.4. The van der Waals surface area contributed by atoms with Crippen molar-refractivity contribution in [3.63, 3.8) is 0 Å². The smallest absolute Gasteiger partial charge is 0.269 e. The van der Waals surface area contributed by atoms with E-state index < -0.39 is 11.8 Å². The van der Waals surface area contributed by atoms with E-state index in [9.17, 15) is 19.5 Å². The van der Waals surface area contributed by atoms with Gasteiger partial charge < -0.3 is 5.11 Å². The highest BCUT2D eigenvalue weighted by molar-refractivity contribution is 8.26. The Kier molecular flexibility index (Phi) is 5.89. The maximum atomic E-state index is 12.4. The summed E-state index contributed by atoms with van der Waals surface area (Å²) in [5.74, 6) is -1.46. The fraction of sp³-hybridized carbons (Fsp3) is 0.0588. The molecule has 1 aromatic carbocycles. The fourth-order valence-corrected chi connectivity index (χ4v) is 4.11. The van der Waals surface area contributed by atoms with Gasteiger partial charge in [-0.2, -0.15) is 0 Å². The van der Waals surface area contributed by atoms with Crippen molar-refractivity contribution >= 4 is 63.4 Å². The zero-order valence-corrected chi connectivity index (χ0v) is 16.1. The molecule has 0 saturated carbocycles. The largest absolute Gasteiger partial charge is 0.508 e. The summed E-state index contributed by atoms with van der Waals surface area (Å²) in [6.45, 7) is -0.303.